The summed E-state index contributed by atoms with van der Waals surface area (Å²) in [5, 5.41) is 25.5. The number of piperidine rings is 2. The van der Waals surface area contributed by atoms with Gasteiger partial charge in [-0.25, -0.2) is 0 Å². The van der Waals surface area contributed by atoms with Crippen molar-refractivity contribution in [3.05, 3.63) is 0 Å². The van der Waals surface area contributed by atoms with E-state index in [0.29, 0.717) is 37.0 Å². The second-order valence-electron chi connectivity index (χ2n) is 5.56. The molecule has 0 aliphatic carbocycles. The van der Waals surface area contributed by atoms with E-state index in [4.69, 9.17) is 5.11 Å². The zero-order valence-electron chi connectivity index (χ0n) is 10.6. The molecule has 0 radical (unpaired) electrons. The molecule has 4 heteroatoms. The SMILES string of the molecule is OCCC1CCNCC1C1CC(CO)CCN1. The molecule has 2 heterocycles. The zero-order chi connectivity index (χ0) is 12.1. The van der Waals surface area contributed by atoms with Gasteiger partial charge in [-0.15, -0.1) is 0 Å². The van der Waals surface area contributed by atoms with Crippen LogP contribution in [0.15, 0.2) is 0 Å². The van der Waals surface area contributed by atoms with Crippen LogP contribution in [0.4, 0.5) is 0 Å². The molecule has 17 heavy (non-hydrogen) atoms. The summed E-state index contributed by atoms with van der Waals surface area (Å²) in [5.74, 6) is 1.72. The third kappa shape index (κ3) is 3.41. The van der Waals surface area contributed by atoms with E-state index < -0.39 is 0 Å². The van der Waals surface area contributed by atoms with E-state index in [9.17, 15) is 5.11 Å². The Morgan fingerprint density at radius 1 is 1.12 bits per heavy atom. The summed E-state index contributed by atoms with van der Waals surface area (Å²) in [6.45, 7) is 3.79. The smallest absolute Gasteiger partial charge is 0.0460 e. The summed E-state index contributed by atoms with van der Waals surface area (Å²) in [5.41, 5.74) is 0. The highest BCUT2D eigenvalue weighted by molar-refractivity contribution is 4.90. The van der Waals surface area contributed by atoms with Gasteiger partial charge < -0.3 is 20.8 Å². The molecule has 0 amide bonds. The fourth-order valence-corrected chi connectivity index (χ4v) is 3.46. The van der Waals surface area contributed by atoms with Crippen molar-refractivity contribution in [2.75, 3.05) is 32.8 Å². The van der Waals surface area contributed by atoms with Crippen LogP contribution < -0.4 is 10.6 Å². The maximum atomic E-state index is 9.29. The summed E-state index contributed by atoms with van der Waals surface area (Å²) in [7, 11) is 0. The van der Waals surface area contributed by atoms with Gasteiger partial charge >= 0.3 is 0 Å². The van der Waals surface area contributed by atoms with Gasteiger partial charge in [0.25, 0.3) is 0 Å². The summed E-state index contributed by atoms with van der Waals surface area (Å²) in [4.78, 5) is 0. The van der Waals surface area contributed by atoms with E-state index in [1.165, 1.54) is 6.42 Å². The maximum Gasteiger partial charge on any atom is 0.0460 e. The van der Waals surface area contributed by atoms with Gasteiger partial charge in [-0.2, -0.15) is 0 Å². The average Bonchev–Trinajstić information content (AvgIpc) is 2.40. The molecule has 0 spiro atoms. The molecular weight excluding hydrogens is 216 g/mol. The Labute approximate surface area is 104 Å². The lowest BCUT2D eigenvalue weighted by Crippen LogP contribution is -2.52. The minimum absolute atomic E-state index is 0.303. The Balaban J connectivity index is 1.92. The molecule has 2 aliphatic rings. The van der Waals surface area contributed by atoms with Crippen molar-refractivity contribution < 1.29 is 10.2 Å². The van der Waals surface area contributed by atoms with Crippen LogP contribution in [-0.4, -0.2) is 49.1 Å². The first-order chi connectivity index (χ1) is 8.35. The predicted molar refractivity (Wildman–Crippen MR) is 67.8 cm³/mol. The molecule has 0 aromatic heterocycles. The van der Waals surface area contributed by atoms with Crippen LogP contribution in [-0.2, 0) is 0 Å². The predicted octanol–water partition coefficient (Wildman–Crippen LogP) is -0.0450. The average molecular weight is 242 g/mol. The van der Waals surface area contributed by atoms with Crippen molar-refractivity contribution in [3.8, 4) is 0 Å². The van der Waals surface area contributed by atoms with Crippen LogP contribution in [0.1, 0.15) is 25.7 Å². The third-order valence-electron chi connectivity index (χ3n) is 4.50. The fraction of sp³-hybridized carbons (Fsp3) is 1.00. The third-order valence-corrected chi connectivity index (χ3v) is 4.50. The number of aliphatic hydroxyl groups is 2. The first kappa shape index (κ1) is 13.3. The number of nitrogens with one attached hydrogen (secondary N) is 2. The van der Waals surface area contributed by atoms with Crippen LogP contribution in [0.2, 0.25) is 0 Å². The van der Waals surface area contributed by atoms with Crippen LogP contribution >= 0.6 is 0 Å². The molecule has 0 bridgehead atoms. The van der Waals surface area contributed by atoms with Gasteiger partial charge in [0, 0.05) is 19.3 Å². The number of hydrogen-bond acceptors (Lipinski definition) is 4. The highest BCUT2D eigenvalue weighted by atomic mass is 16.3. The van der Waals surface area contributed by atoms with Gasteiger partial charge in [0.1, 0.15) is 0 Å². The van der Waals surface area contributed by atoms with Crippen molar-refractivity contribution in [2.24, 2.45) is 17.8 Å². The molecule has 2 saturated heterocycles. The molecule has 4 unspecified atom stereocenters. The van der Waals surface area contributed by atoms with Gasteiger partial charge in [-0.1, -0.05) is 0 Å². The standard InChI is InChI=1S/C13H26N2O2/c16-6-3-11-2-4-14-8-12(11)13-7-10(9-17)1-5-15-13/h10-17H,1-9H2. The summed E-state index contributed by atoms with van der Waals surface area (Å²) in [6.07, 6.45) is 4.28. The fourth-order valence-electron chi connectivity index (χ4n) is 3.46. The monoisotopic (exact) mass is 242 g/mol. The van der Waals surface area contributed by atoms with Gasteiger partial charge in [0.15, 0.2) is 0 Å². The van der Waals surface area contributed by atoms with Crippen molar-refractivity contribution in [3.63, 3.8) is 0 Å². The molecule has 0 saturated carbocycles. The van der Waals surface area contributed by atoms with Crippen molar-refractivity contribution >= 4 is 0 Å². The maximum absolute atomic E-state index is 9.29. The topological polar surface area (TPSA) is 64.5 Å². The molecule has 0 aromatic rings. The number of rotatable bonds is 4. The largest absolute Gasteiger partial charge is 0.396 e. The van der Waals surface area contributed by atoms with E-state index in [0.717, 1.165) is 38.9 Å². The second kappa shape index (κ2) is 6.69. The molecule has 4 nitrogen and oxygen atoms in total. The van der Waals surface area contributed by atoms with Crippen LogP contribution in [0.3, 0.4) is 0 Å². The van der Waals surface area contributed by atoms with Gasteiger partial charge in [0.05, 0.1) is 0 Å². The number of aliphatic hydroxyl groups excluding tert-OH is 2. The van der Waals surface area contributed by atoms with E-state index in [2.05, 4.69) is 10.6 Å². The summed E-state index contributed by atoms with van der Waals surface area (Å²) in [6, 6.07) is 0.519. The molecule has 2 aliphatic heterocycles. The van der Waals surface area contributed by atoms with Gasteiger partial charge in [-0.05, 0) is 63.1 Å². The Bertz CT molecular complexity index is 223. The Morgan fingerprint density at radius 2 is 2.00 bits per heavy atom. The van der Waals surface area contributed by atoms with Gasteiger partial charge in [0.2, 0.25) is 0 Å². The first-order valence-electron chi connectivity index (χ1n) is 7.01. The minimum Gasteiger partial charge on any atom is -0.396 e. The van der Waals surface area contributed by atoms with Crippen molar-refractivity contribution in [2.45, 2.75) is 31.7 Å². The Morgan fingerprint density at radius 3 is 2.76 bits per heavy atom. The quantitative estimate of drug-likeness (QED) is 0.558. The van der Waals surface area contributed by atoms with E-state index in [1.54, 1.807) is 0 Å². The normalized spacial score (nSPS) is 39.2. The van der Waals surface area contributed by atoms with Crippen LogP contribution in [0.5, 0.6) is 0 Å². The van der Waals surface area contributed by atoms with Crippen molar-refractivity contribution in [1.82, 2.24) is 10.6 Å². The molecule has 2 fully saturated rings. The minimum atomic E-state index is 0.303. The molecular formula is C13H26N2O2. The Kier molecular flexibility index (Phi) is 5.22. The lowest BCUT2D eigenvalue weighted by molar-refractivity contribution is 0.106. The Hall–Kier alpha value is -0.160. The van der Waals surface area contributed by atoms with Crippen molar-refractivity contribution in [1.29, 1.82) is 0 Å². The van der Waals surface area contributed by atoms with E-state index >= 15 is 0 Å². The highest BCUT2D eigenvalue weighted by Gasteiger charge is 2.34. The van der Waals surface area contributed by atoms with E-state index in [-0.39, 0.29) is 0 Å². The molecule has 100 valence electrons. The zero-order valence-corrected chi connectivity index (χ0v) is 10.6. The van der Waals surface area contributed by atoms with E-state index in [1.807, 2.05) is 0 Å². The highest BCUT2D eigenvalue weighted by Crippen LogP contribution is 2.30. The summed E-state index contributed by atoms with van der Waals surface area (Å²) < 4.78 is 0. The lowest BCUT2D eigenvalue weighted by Gasteiger charge is -2.41. The lowest BCUT2D eigenvalue weighted by atomic mass is 9.75. The summed E-state index contributed by atoms with van der Waals surface area (Å²) >= 11 is 0. The number of hydrogen-bond donors (Lipinski definition) is 4. The van der Waals surface area contributed by atoms with Gasteiger partial charge in [-0.3, -0.25) is 0 Å². The van der Waals surface area contributed by atoms with Crippen LogP contribution in [0, 0.1) is 17.8 Å². The molecule has 2 rings (SSSR count). The first-order valence-corrected chi connectivity index (χ1v) is 7.01. The van der Waals surface area contributed by atoms with Crippen LogP contribution in [0.25, 0.3) is 0 Å². The molecule has 4 N–H and O–H groups in total. The molecule has 4 atom stereocenters. The molecule has 0 aromatic carbocycles. The second-order valence-corrected chi connectivity index (χ2v) is 5.56.